The zero-order chi connectivity index (χ0) is 14.7. The molecular weight excluding hydrogens is 280 g/mol. The molecule has 0 atom stereocenters. The maximum absolute atomic E-state index is 5.74. The van der Waals surface area contributed by atoms with Gasteiger partial charge in [-0.2, -0.15) is 0 Å². The number of fused-ring (bicyclic) bond motifs is 1. The van der Waals surface area contributed by atoms with Crippen molar-refractivity contribution in [2.24, 2.45) is 0 Å². The van der Waals surface area contributed by atoms with Crippen molar-refractivity contribution < 1.29 is 4.42 Å². The molecule has 1 aromatic heterocycles. The predicted octanol–water partition coefficient (Wildman–Crippen LogP) is 4.23. The molecule has 0 aliphatic carbocycles. The minimum absolute atomic E-state index is 0.562. The van der Waals surface area contributed by atoms with E-state index in [0.717, 1.165) is 28.0 Å². The van der Waals surface area contributed by atoms with Gasteiger partial charge in [0.15, 0.2) is 5.11 Å². The van der Waals surface area contributed by atoms with Crippen LogP contribution in [0.15, 0.2) is 59.0 Å². The van der Waals surface area contributed by atoms with Crippen molar-refractivity contribution in [1.82, 2.24) is 5.32 Å². The van der Waals surface area contributed by atoms with E-state index in [2.05, 4.69) is 10.6 Å². The first-order valence-electron chi connectivity index (χ1n) is 6.80. The Bertz CT molecular complexity index is 746. The summed E-state index contributed by atoms with van der Waals surface area (Å²) in [5.74, 6) is 0.866. The summed E-state index contributed by atoms with van der Waals surface area (Å²) in [6.45, 7) is 2.61. The van der Waals surface area contributed by atoms with Gasteiger partial charge in [0.25, 0.3) is 0 Å². The summed E-state index contributed by atoms with van der Waals surface area (Å²) in [6.07, 6.45) is 0. The molecule has 2 aromatic carbocycles. The van der Waals surface area contributed by atoms with Crippen LogP contribution in [-0.4, -0.2) is 5.11 Å². The average Bonchev–Trinajstić information content (AvgIpc) is 2.90. The van der Waals surface area contributed by atoms with Gasteiger partial charge in [-0.05, 0) is 42.9 Å². The van der Waals surface area contributed by atoms with Gasteiger partial charge in [-0.3, -0.25) is 0 Å². The lowest BCUT2D eigenvalue weighted by Gasteiger charge is -2.11. The van der Waals surface area contributed by atoms with Crippen molar-refractivity contribution in [2.75, 3.05) is 5.32 Å². The van der Waals surface area contributed by atoms with E-state index >= 15 is 0 Å². The molecule has 0 amide bonds. The Hall–Kier alpha value is -2.33. The largest absolute Gasteiger partial charge is 0.459 e. The molecule has 0 aliphatic heterocycles. The van der Waals surface area contributed by atoms with Gasteiger partial charge in [-0.1, -0.05) is 36.4 Å². The third kappa shape index (κ3) is 3.23. The molecule has 0 saturated carbocycles. The van der Waals surface area contributed by atoms with Gasteiger partial charge in [0.1, 0.15) is 11.3 Å². The number of rotatable bonds is 3. The van der Waals surface area contributed by atoms with E-state index in [1.165, 1.54) is 0 Å². The van der Waals surface area contributed by atoms with Crippen LogP contribution in [0.5, 0.6) is 0 Å². The first kappa shape index (κ1) is 13.6. The normalized spacial score (nSPS) is 10.5. The summed E-state index contributed by atoms with van der Waals surface area (Å²) in [5, 5.41) is 8.05. The van der Waals surface area contributed by atoms with Crippen molar-refractivity contribution in [1.29, 1.82) is 0 Å². The highest BCUT2D eigenvalue weighted by molar-refractivity contribution is 7.80. The highest BCUT2D eigenvalue weighted by Gasteiger charge is 2.04. The smallest absolute Gasteiger partial charge is 0.171 e. The molecule has 1 heterocycles. The molecular formula is C17H16N2OS. The van der Waals surface area contributed by atoms with Crippen molar-refractivity contribution in [2.45, 2.75) is 13.5 Å². The van der Waals surface area contributed by atoms with E-state index in [1.807, 2.05) is 61.5 Å². The number of hydrogen-bond acceptors (Lipinski definition) is 2. The molecule has 21 heavy (non-hydrogen) atoms. The van der Waals surface area contributed by atoms with Crippen LogP contribution in [0.25, 0.3) is 11.0 Å². The molecule has 106 valence electrons. The monoisotopic (exact) mass is 296 g/mol. The maximum atomic E-state index is 5.74. The first-order chi connectivity index (χ1) is 10.2. The zero-order valence-electron chi connectivity index (χ0n) is 11.7. The quantitative estimate of drug-likeness (QED) is 0.709. The van der Waals surface area contributed by atoms with Gasteiger partial charge in [0, 0.05) is 11.1 Å². The van der Waals surface area contributed by atoms with Gasteiger partial charge in [0.05, 0.1) is 6.54 Å². The highest BCUT2D eigenvalue weighted by Crippen LogP contribution is 2.18. The third-order valence-electron chi connectivity index (χ3n) is 3.29. The van der Waals surface area contributed by atoms with Crippen LogP contribution in [0, 0.1) is 6.92 Å². The predicted molar refractivity (Wildman–Crippen MR) is 90.5 cm³/mol. The maximum Gasteiger partial charge on any atom is 0.171 e. The molecule has 0 unspecified atom stereocenters. The fraction of sp³-hybridized carbons (Fsp3) is 0.118. The number of hydrogen-bond donors (Lipinski definition) is 2. The third-order valence-corrected chi connectivity index (χ3v) is 3.54. The molecule has 0 fully saturated rings. The van der Waals surface area contributed by atoms with Crippen molar-refractivity contribution in [3.63, 3.8) is 0 Å². The van der Waals surface area contributed by atoms with Crippen LogP contribution in [0.3, 0.4) is 0 Å². The average molecular weight is 296 g/mol. The van der Waals surface area contributed by atoms with Crippen molar-refractivity contribution in [3.8, 4) is 0 Å². The molecule has 0 bridgehead atoms. The lowest BCUT2D eigenvalue weighted by Crippen LogP contribution is -2.27. The molecule has 0 spiro atoms. The minimum atomic E-state index is 0.562. The summed E-state index contributed by atoms with van der Waals surface area (Å²) in [6, 6.07) is 18.0. The van der Waals surface area contributed by atoms with E-state index in [-0.39, 0.29) is 0 Å². The fourth-order valence-electron chi connectivity index (χ4n) is 2.17. The summed E-state index contributed by atoms with van der Waals surface area (Å²) in [5.41, 5.74) is 3.07. The molecule has 3 rings (SSSR count). The fourth-order valence-corrected chi connectivity index (χ4v) is 2.35. The van der Waals surface area contributed by atoms with E-state index in [9.17, 15) is 0 Å². The van der Waals surface area contributed by atoms with Crippen LogP contribution >= 0.6 is 12.2 Å². The number of furan rings is 1. The Morgan fingerprint density at radius 1 is 1.10 bits per heavy atom. The number of anilines is 1. The van der Waals surface area contributed by atoms with Crippen LogP contribution in [0.1, 0.15) is 11.3 Å². The topological polar surface area (TPSA) is 37.2 Å². The zero-order valence-corrected chi connectivity index (χ0v) is 12.5. The standard InChI is InChI=1S/C17H16N2OS/c1-12-6-2-4-8-15(12)19-17(21)18-11-14-10-13-7-3-5-9-16(13)20-14/h2-10H,11H2,1H3,(H2,18,19,21). The highest BCUT2D eigenvalue weighted by atomic mass is 32.1. The van der Waals surface area contributed by atoms with Gasteiger partial charge >= 0.3 is 0 Å². The van der Waals surface area contributed by atoms with E-state index in [0.29, 0.717) is 11.7 Å². The summed E-state index contributed by atoms with van der Waals surface area (Å²) in [4.78, 5) is 0. The van der Waals surface area contributed by atoms with E-state index < -0.39 is 0 Å². The molecule has 3 aromatic rings. The second-order valence-corrected chi connectivity index (χ2v) is 5.28. The molecule has 0 radical (unpaired) electrons. The Morgan fingerprint density at radius 2 is 1.86 bits per heavy atom. The van der Waals surface area contributed by atoms with Gasteiger partial charge < -0.3 is 15.1 Å². The molecule has 0 aliphatic rings. The van der Waals surface area contributed by atoms with Crippen LogP contribution in [0.4, 0.5) is 5.69 Å². The molecule has 4 heteroatoms. The second-order valence-electron chi connectivity index (χ2n) is 4.87. The van der Waals surface area contributed by atoms with E-state index in [4.69, 9.17) is 16.6 Å². The molecule has 3 nitrogen and oxygen atoms in total. The van der Waals surface area contributed by atoms with E-state index in [1.54, 1.807) is 0 Å². The van der Waals surface area contributed by atoms with Gasteiger partial charge in [-0.25, -0.2) is 0 Å². The number of aryl methyl sites for hydroxylation is 1. The molecule has 2 N–H and O–H groups in total. The van der Waals surface area contributed by atoms with Crippen LogP contribution in [-0.2, 0) is 6.54 Å². The SMILES string of the molecule is Cc1ccccc1NC(=S)NCc1cc2ccccc2o1. The number of thiocarbonyl (C=S) groups is 1. The van der Waals surface area contributed by atoms with Gasteiger partial charge in [0.2, 0.25) is 0 Å². The Balaban J connectivity index is 1.62. The van der Waals surface area contributed by atoms with Crippen molar-refractivity contribution in [3.05, 3.63) is 65.9 Å². The second kappa shape index (κ2) is 5.97. The summed E-state index contributed by atoms with van der Waals surface area (Å²) >= 11 is 5.31. The molecule has 0 saturated heterocycles. The Kier molecular flexibility index (Phi) is 3.88. The number of nitrogens with one attached hydrogen (secondary N) is 2. The lowest BCUT2D eigenvalue weighted by molar-refractivity contribution is 0.541. The minimum Gasteiger partial charge on any atom is -0.459 e. The summed E-state index contributed by atoms with van der Waals surface area (Å²) < 4.78 is 5.74. The van der Waals surface area contributed by atoms with Crippen LogP contribution < -0.4 is 10.6 Å². The Morgan fingerprint density at radius 3 is 2.67 bits per heavy atom. The Labute approximate surface area is 129 Å². The number of benzene rings is 2. The number of para-hydroxylation sites is 2. The summed E-state index contributed by atoms with van der Waals surface area (Å²) in [7, 11) is 0. The van der Waals surface area contributed by atoms with Crippen LogP contribution in [0.2, 0.25) is 0 Å². The van der Waals surface area contributed by atoms with Gasteiger partial charge in [-0.15, -0.1) is 0 Å². The lowest BCUT2D eigenvalue weighted by atomic mass is 10.2. The first-order valence-corrected chi connectivity index (χ1v) is 7.21. The van der Waals surface area contributed by atoms with Crippen molar-refractivity contribution >= 4 is 34.0 Å².